The van der Waals surface area contributed by atoms with Crippen molar-refractivity contribution in [1.29, 1.82) is 0 Å². The summed E-state index contributed by atoms with van der Waals surface area (Å²) in [6.45, 7) is 5.59. The van der Waals surface area contributed by atoms with Crippen LogP contribution < -0.4 is 0 Å². The Morgan fingerprint density at radius 1 is 0.971 bits per heavy atom. The molecule has 2 aromatic carbocycles. The molecule has 1 aromatic heterocycles. The first kappa shape index (κ1) is 23.7. The highest BCUT2D eigenvalue weighted by molar-refractivity contribution is 5.98. The third-order valence-corrected chi connectivity index (χ3v) is 7.76. The molecule has 0 radical (unpaired) electrons. The van der Waals surface area contributed by atoms with Gasteiger partial charge in [-0.05, 0) is 100 Å². The van der Waals surface area contributed by atoms with Gasteiger partial charge in [0.05, 0.1) is 0 Å². The number of likely N-dealkylation sites (tertiary alicyclic amines) is 2. The quantitative estimate of drug-likeness (QED) is 0.473. The number of hydrogen-bond donors (Lipinski definition) is 1. The summed E-state index contributed by atoms with van der Waals surface area (Å²) in [5.74, 6) is -0.0734. The molecule has 3 aromatic rings. The Hall–Kier alpha value is -2.99. The van der Waals surface area contributed by atoms with E-state index in [1.807, 2.05) is 6.07 Å². The number of halogens is 1. The van der Waals surface area contributed by atoms with Crippen molar-refractivity contribution in [3.63, 3.8) is 0 Å². The third kappa shape index (κ3) is 5.32. The second kappa shape index (κ2) is 10.3. The van der Waals surface area contributed by atoms with Crippen molar-refractivity contribution < 1.29 is 14.0 Å². The molecule has 2 saturated heterocycles. The molecule has 3 heterocycles. The maximum absolute atomic E-state index is 13.4. The van der Waals surface area contributed by atoms with E-state index in [2.05, 4.69) is 39.9 Å². The lowest BCUT2D eigenvalue weighted by molar-refractivity contribution is 0.0563. The lowest BCUT2D eigenvalue weighted by atomic mass is 9.88. The monoisotopic (exact) mass is 475 g/mol. The number of aromatic amines is 1. The number of aryl methyl sites for hydroxylation is 1. The minimum Gasteiger partial charge on any atom is -0.351 e. The van der Waals surface area contributed by atoms with Crippen molar-refractivity contribution in [3.05, 3.63) is 71.2 Å². The van der Waals surface area contributed by atoms with E-state index in [-0.39, 0.29) is 29.5 Å². The van der Waals surface area contributed by atoms with Crippen molar-refractivity contribution >= 4 is 22.6 Å². The van der Waals surface area contributed by atoms with Crippen LogP contribution in [0.3, 0.4) is 0 Å². The summed E-state index contributed by atoms with van der Waals surface area (Å²) >= 11 is 0. The summed E-state index contributed by atoms with van der Waals surface area (Å²) in [5, 5.41) is 1.07. The number of nitrogens with zero attached hydrogens (tertiary/aromatic N) is 2. The fraction of sp³-hybridized carbons (Fsp3) is 0.448. The SMILES string of the molecule is Cc1ccc2cc(C(=O)N3CCCCC3CCN3CCC(C(=O)c4ccc(F)cc4)CC3)[nH]c2c1. The molecule has 1 atom stereocenters. The Labute approximate surface area is 206 Å². The van der Waals surface area contributed by atoms with Gasteiger partial charge in [-0.1, -0.05) is 12.1 Å². The number of piperidine rings is 2. The summed E-state index contributed by atoms with van der Waals surface area (Å²) < 4.78 is 13.2. The second-order valence-corrected chi connectivity index (χ2v) is 10.2. The van der Waals surface area contributed by atoms with Gasteiger partial charge in [0, 0.05) is 41.5 Å². The molecule has 0 spiro atoms. The van der Waals surface area contributed by atoms with Crippen LogP contribution in [0.2, 0.25) is 0 Å². The molecule has 184 valence electrons. The number of fused-ring (bicyclic) bond motifs is 1. The Kier molecular flexibility index (Phi) is 7.00. The molecule has 0 bridgehead atoms. The van der Waals surface area contributed by atoms with Crippen molar-refractivity contribution in [2.75, 3.05) is 26.2 Å². The zero-order valence-electron chi connectivity index (χ0n) is 20.4. The smallest absolute Gasteiger partial charge is 0.270 e. The first-order chi connectivity index (χ1) is 17.0. The maximum atomic E-state index is 13.4. The average Bonchev–Trinajstić information content (AvgIpc) is 3.31. The van der Waals surface area contributed by atoms with E-state index in [9.17, 15) is 14.0 Å². The van der Waals surface area contributed by atoms with E-state index in [0.717, 1.165) is 75.6 Å². The molecular formula is C29H34FN3O2. The van der Waals surface area contributed by atoms with Crippen LogP contribution in [0, 0.1) is 18.7 Å². The fourth-order valence-corrected chi connectivity index (χ4v) is 5.68. The van der Waals surface area contributed by atoms with Gasteiger partial charge in [0.1, 0.15) is 11.5 Å². The standard InChI is InChI=1S/C29H34FN3O2/c1-20-5-6-23-19-27(31-26(23)18-20)29(35)33-14-3-2-4-25(33)13-17-32-15-11-22(12-16-32)28(34)21-7-9-24(30)10-8-21/h5-10,18-19,22,25,31H,2-4,11-17H2,1H3. The van der Waals surface area contributed by atoms with E-state index < -0.39 is 0 Å². The predicted molar refractivity (Wildman–Crippen MR) is 136 cm³/mol. The summed E-state index contributed by atoms with van der Waals surface area (Å²) in [6, 6.07) is 14.4. The largest absolute Gasteiger partial charge is 0.351 e. The highest BCUT2D eigenvalue weighted by Gasteiger charge is 2.30. The average molecular weight is 476 g/mol. The molecule has 2 aliphatic rings. The lowest BCUT2D eigenvalue weighted by Gasteiger charge is -2.38. The molecule has 6 heteroatoms. The van der Waals surface area contributed by atoms with Crippen LogP contribution in [0.25, 0.3) is 10.9 Å². The highest BCUT2D eigenvalue weighted by atomic mass is 19.1. The third-order valence-electron chi connectivity index (χ3n) is 7.76. The number of Topliss-reactive ketones (excluding diaryl/α,β-unsaturated/α-hetero) is 1. The summed E-state index contributed by atoms with van der Waals surface area (Å²) in [4.78, 5) is 34.0. The molecular weight excluding hydrogens is 441 g/mol. The minimum atomic E-state index is -0.314. The van der Waals surface area contributed by atoms with Crippen molar-refractivity contribution in [3.8, 4) is 0 Å². The Morgan fingerprint density at radius 2 is 1.74 bits per heavy atom. The number of aromatic nitrogens is 1. The van der Waals surface area contributed by atoms with Gasteiger partial charge in [-0.25, -0.2) is 4.39 Å². The first-order valence-corrected chi connectivity index (χ1v) is 12.9. The maximum Gasteiger partial charge on any atom is 0.270 e. The number of hydrogen-bond acceptors (Lipinski definition) is 3. The molecule has 0 saturated carbocycles. The highest BCUT2D eigenvalue weighted by Crippen LogP contribution is 2.26. The number of H-pyrrole nitrogens is 1. The topological polar surface area (TPSA) is 56.4 Å². The molecule has 35 heavy (non-hydrogen) atoms. The molecule has 2 aliphatic heterocycles. The Morgan fingerprint density at radius 3 is 2.51 bits per heavy atom. The second-order valence-electron chi connectivity index (χ2n) is 10.2. The zero-order valence-corrected chi connectivity index (χ0v) is 20.4. The number of rotatable bonds is 6. The first-order valence-electron chi connectivity index (χ1n) is 12.9. The summed E-state index contributed by atoms with van der Waals surface area (Å²) in [5.41, 5.74) is 3.48. The van der Waals surface area contributed by atoms with Gasteiger partial charge in [0.25, 0.3) is 5.91 Å². The van der Waals surface area contributed by atoms with Gasteiger partial charge in [-0.2, -0.15) is 0 Å². The molecule has 1 amide bonds. The van der Waals surface area contributed by atoms with Gasteiger partial charge in [0.2, 0.25) is 0 Å². The molecule has 2 fully saturated rings. The number of nitrogens with one attached hydrogen (secondary N) is 1. The number of benzene rings is 2. The molecule has 5 nitrogen and oxygen atoms in total. The zero-order chi connectivity index (χ0) is 24.4. The fourth-order valence-electron chi connectivity index (χ4n) is 5.68. The van der Waals surface area contributed by atoms with Crippen LogP contribution in [-0.4, -0.2) is 58.7 Å². The number of amides is 1. The van der Waals surface area contributed by atoms with Crippen molar-refractivity contribution in [2.24, 2.45) is 5.92 Å². The van der Waals surface area contributed by atoms with Crippen molar-refractivity contribution in [1.82, 2.24) is 14.8 Å². The van der Waals surface area contributed by atoms with E-state index >= 15 is 0 Å². The van der Waals surface area contributed by atoms with Crippen LogP contribution in [-0.2, 0) is 0 Å². The Bertz CT molecular complexity index is 1190. The van der Waals surface area contributed by atoms with Crippen molar-refractivity contribution in [2.45, 2.75) is 51.5 Å². The van der Waals surface area contributed by atoms with E-state index in [1.54, 1.807) is 12.1 Å². The molecule has 1 N–H and O–H groups in total. The summed E-state index contributed by atoms with van der Waals surface area (Å²) in [7, 11) is 0. The van der Waals surface area contributed by atoms with Crippen LogP contribution >= 0.6 is 0 Å². The molecule has 0 aliphatic carbocycles. The van der Waals surface area contributed by atoms with E-state index in [1.165, 1.54) is 17.7 Å². The van der Waals surface area contributed by atoms with Crippen LogP contribution in [0.4, 0.5) is 4.39 Å². The van der Waals surface area contributed by atoms with Gasteiger partial charge in [0.15, 0.2) is 5.78 Å². The predicted octanol–water partition coefficient (Wildman–Crippen LogP) is 5.60. The van der Waals surface area contributed by atoms with Gasteiger partial charge < -0.3 is 14.8 Å². The number of carbonyl (C=O) groups excluding carboxylic acids is 2. The van der Waals surface area contributed by atoms with Gasteiger partial charge in [-0.3, -0.25) is 9.59 Å². The van der Waals surface area contributed by atoms with Crippen LogP contribution in [0.5, 0.6) is 0 Å². The van der Waals surface area contributed by atoms with Crippen LogP contribution in [0.15, 0.2) is 48.5 Å². The molecule has 5 rings (SSSR count). The molecule has 1 unspecified atom stereocenters. The van der Waals surface area contributed by atoms with E-state index in [0.29, 0.717) is 11.3 Å². The number of ketones is 1. The van der Waals surface area contributed by atoms with E-state index in [4.69, 9.17) is 0 Å². The van der Waals surface area contributed by atoms with Crippen LogP contribution in [0.1, 0.15) is 64.9 Å². The Balaban J connectivity index is 1.16. The summed E-state index contributed by atoms with van der Waals surface area (Å²) in [6.07, 6.45) is 5.88. The van der Waals surface area contributed by atoms with Gasteiger partial charge >= 0.3 is 0 Å². The van der Waals surface area contributed by atoms with Gasteiger partial charge in [-0.15, -0.1) is 0 Å². The normalized spacial score (nSPS) is 19.8. The minimum absolute atomic E-state index is 0.00937. The number of carbonyl (C=O) groups is 2. The lowest BCUT2D eigenvalue weighted by Crippen LogP contribution is -2.46.